The number of anilines is 1. The molecule has 7 heteroatoms. The molecule has 2 N–H and O–H groups in total. The molecule has 2 heterocycles. The normalized spacial score (nSPS) is 10.5. The molecule has 0 aliphatic heterocycles. The molecule has 68 valence electrons. The van der Waals surface area contributed by atoms with Crippen LogP contribution < -0.4 is 5.73 Å². The quantitative estimate of drug-likeness (QED) is 0.806. The van der Waals surface area contributed by atoms with Gasteiger partial charge in [0.15, 0.2) is 9.50 Å². The number of nitrogen functional groups attached to an aromatic ring is 1. The molecule has 0 aliphatic carbocycles. The molecule has 0 aliphatic rings. The maximum Gasteiger partial charge on any atom is 0.197 e. The molecule has 5 nitrogen and oxygen atoms in total. The molecule has 2 aromatic rings. The molecule has 0 saturated heterocycles. The zero-order valence-corrected chi connectivity index (χ0v) is 8.47. The van der Waals surface area contributed by atoms with Gasteiger partial charge in [0.1, 0.15) is 11.3 Å². The van der Waals surface area contributed by atoms with Crippen LogP contribution in [-0.2, 0) is 7.05 Å². The van der Waals surface area contributed by atoms with Crippen molar-refractivity contribution >= 4 is 28.1 Å². The Morgan fingerprint density at radius 1 is 1.62 bits per heavy atom. The lowest BCUT2D eigenvalue weighted by molar-refractivity contribution is 0.788. The Kier molecular flexibility index (Phi) is 2.19. The van der Waals surface area contributed by atoms with Gasteiger partial charge in [0.25, 0.3) is 0 Å². The summed E-state index contributed by atoms with van der Waals surface area (Å²) in [7, 11) is 1.89. The van der Waals surface area contributed by atoms with Gasteiger partial charge in [-0.25, -0.2) is 4.98 Å². The van der Waals surface area contributed by atoms with Crippen LogP contribution in [-0.4, -0.2) is 19.7 Å². The smallest absolute Gasteiger partial charge is 0.197 e. The highest BCUT2D eigenvalue weighted by Crippen LogP contribution is 2.30. The highest BCUT2D eigenvalue weighted by Gasteiger charge is 2.06. The van der Waals surface area contributed by atoms with Crippen molar-refractivity contribution in [3.8, 4) is 0 Å². The molecule has 13 heavy (non-hydrogen) atoms. The maximum absolute atomic E-state index is 5.55. The Hall–Kier alpha value is -1.08. The number of thiazole rings is 1. The van der Waals surface area contributed by atoms with Crippen molar-refractivity contribution in [1.82, 2.24) is 19.7 Å². The summed E-state index contributed by atoms with van der Waals surface area (Å²) in [5.41, 5.74) is 5.55. The second-order valence-corrected chi connectivity index (χ2v) is 4.63. The first-order valence-electron chi connectivity index (χ1n) is 3.49. The molecule has 0 atom stereocenters. The van der Waals surface area contributed by atoms with E-state index in [0.29, 0.717) is 5.00 Å². The van der Waals surface area contributed by atoms with Crippen molar-refractivity contribution < 1.29 is 0 Å². The Bertz CT molecular complexity index is 407. The van der Waals surface area contributed by atoms with Crippen LogP contribution >= 0.6 is 23.1 Å². The van der Waals surface area contributed by atoms with Crippen LogP contribution in [0, 0.1) is 0 Å². The Labute approximate surface area is 83.0 Å². The highest BCUT2D eigenvalue weighted by atomic mass is 32.2. The minimum atomic E-state index is 0.713. The van der Waals surface area contributed by atoms with Crippen LogP contribution in [0.4, 0.5) is 5.00 Å². The monoisotopic (exact) mass is 213 g/mol. The Morgan fingerprint density at radius 2 is 2.46 bits per heavy atom. The van der Waals surface area contributed by atoms with E-state index in [4.69, 9.17) is 5.73 Å². The summed E-state index contributed by atoms with van der Waals surface area (Å²) in [4.78, 5) is 4.11. The third kappa shape index (κ3) is 1.81. The maximum atomic E-state index is 5.55. The first kappa shape index (κ1) is 8.52. The summed E-state index contributed by atoms with van der Waals surface area (Å²) in [6, 6.07) is 0. The lowest BCUT2D eigenvalue weighted by Crippen LogP contribution is -1.87. The first-order valence-corrected chi connectivity index (χ1v) is 5.12. The van der Waals surface area contributed by atoms with E-state index in [2.05, 4.69) is 15.2 Å². The van der Waals surface area contributed by atoms with E-state index >= 15 is 0 Å². The zero-order chi connectivity index (χ0) is 9.26. The number of aromatic nitrogens is 4. The second kappa shape index (κ2) is 3.35. The van der Waals surface area contributed by atoms with Gasteiger partial charge in [-0.1, -0.05) is 11.3 Å². The van der Waals surface area contributed by atoms with Crippen LogP contribution in [0.1, 0.15) is 0 Å². The van der Waals surface area contributed by atoms with Gasteiger partial charge in [0.05, 0.1) is 6.20 Å². The van der Waals surface area contributed by atoms with E-state index in [0.717, 1.165) is 9.50 Å². The summed E-state index contributed by atoms with van der Waals surface area (Å²) >= 11 is 2.90. The zero-order valence-electron chi connectivity index (χ0n) is 6.84. The van der Waals surface area contributed by atoms with Crippen LogP contribution in [0.2, 0.25) is 0 Å². The fourth-order valence-electron chi connectivity index (χ4n) is 0.760. The average molecular weight is 213 g/mol. The third-order valence-corrected chi connectivity index (χ3v) is 3.30. The van der Waals surface area contributed by atoms with Gasteiger partial charge in [0.2, 0.25) is 0 Å². The topological polar surface area (TPSA) is 69.6 Å². The summed E-state index contributed by atoms with van der Waals surface area (Å²) in [5.74, 6) is 0. The minimum Gasteiger partial charge on any atom is -0.389 e. The molecule has 0 saturated carbocycles. The van der Waals surface area contributed by atoms with Crippen molar-refractivity contribution in [2.75, 3.05) is 5.73 Å². The summed E-state index contributed by atoms with van der Waals surface area (Å²) in [5, 5.41) is 9.21. The predicted octanol–water partition coefficient (Wildman–Crippen LogP) is 1.00. The molecule has 0 amide bonds. The Morgan fingerprint density at radius 3 is 3.00 bits per heavy atom. The fourth-order valence-corrected chi connectivity index (χ4v) is 2.39. The molecule has 0 radical (unpaired) electrons. The number of hydrogen-bond donors (Lipinski definition) is 1. The molecule has 0 spiro atoms. The van der Waals surface area contributed by atoms with Crippen molar-refractivity contribution in [1.29, 1.82) is 0 Å². The van der Waals surface area contributed by atoms with Gasteiger partial charge in [-0.3, -0.25) is 0 Å². The van der Waals surface area contributed by atoms with E-state index in [-0.39, 0.29) is 0 Å². The number of nitrogens with zero attached hydrogens (tertiary/aromatic N) is 4. The van der Waals surface area contributed by atoms with Gasteiger partial charge >= 0.3 is 0 Å². The SMILES string of the molecule is Cn1cnnc1Sc1ncc(N)s1. The van der Waals surface area contributed by atoms with Gasteiger partial charge in [-0.05, 0) is 11.8 Å². The largest absolute Gasteiger partial charge is 0.389 e. The fraction of sp³-hybridized carbons (Fsp3) is 0.167. The lowest BCUT2D eigenvalue weighted by atomic mass is 10.9. The van der Waals surface area contributed by atoms with E-state index < -0.39 is 0 Å². The van der Waals surface area contributed by atoms with E-state index in [9.17, 15) is 0 Å². The second-order valence-electron chi connectivity index (χ2n) is 2.36. The number of aryl methyl sites for hydroxylation is 1. The summed E-state index contributed by atoms with van der Waals surface area (Å²) in [6.07, 6.45) is 3.29. The standard InChI is InChI=1S/C6H7N5S2/c1-11-3-9-10-5(11)13-6-8-2-4(7)12-6/h2-3H,7H2,1H3. The lowest BCUT2D eigenvalue weighted by Gasteiger charge is -1.94. The van der Waals surface area contributed by atoms with Crippen LogP contribution in [0.5, 0.6) is 0 Å². The third-order valence-electron chi connectivity index (χ3n) is 1.35. The number of hydrogen-bond acceptors (Lipinski definition) is 6. The van der Waals surface area contributed by atoms with Gasteiger partial charge in [0, 0.05) is 7.05 Å². The number of nitrogens with two attached hydrogens (primary N) is 1. The van der Waals surface area contributed by atoms with E-state index in [1.54, 1.807) is 12.5 Å². The molecule has 0 aromatic carbocycles. The van der Waals surface area contributed by atoms with Crippen molar-refractivity contribution in [3.63, 3.8) is 0 Å². The molecular formula is C6H7N5S2. The van der Waals surface area contributed by atoms with Gasteiger partial charge in [-0.15, -0.1) is 10.2 Å². The van der Waals surface area contributed by atoms with Crippen molar-refractivity contribution in [2.24, 2.45) is 7.05 Å². The van der Waals surface area contributed by atoms with Gasteiger partial charge < -0.3 is 10.3 Å². The van der Waals surface area contributed by atoms with Crippen molar-refractivity contribution in [2.45, 2.75) is 9.50 Å². The predicted molar refractivity (Wildman–Crippen MR) is 51.7 cm³/mol. The summed E-state index contributed by atoms with van der Waals surface area (Å²) in [6.45, 7) is 0. The van der Waals surface area contributed by atoms with E-state index in [1.165, 1.54) is 23.1 Å². The van der Waals surface area contributed by atoms with Crippen LogP contribution in [0.3, 0.4) is 0 Å². The molecule has 2 rings (SSSR count). The summed E-state index contributed by atoms with van der Waals surface area (Å²) < 4.78 is 2.72. The number of rotatable bonds is 2. The molecule has 0 bridgehead atoms. The van der Waals surface area contributed by atoms with Crippen molar-refractivity contribution in [3.05, 3.63) is 12.5 Å². The molecule has 0 fully saturated rings. The van der Waals surface area contributed by atoms with Crippen LogP contribution in [0.25, 0.3) is 0 Å². The minimum absolute atomic E-state index is 0.713. The Balaban J connectivity index is 2.19. The molecular weight excluding hydrogens is 206 g/mol. The average Bonchev–Trinajstić information content (AvgIpc) is 2.64. The van der Waals surface area contributed by atoms with Crippen LogP contribution in [0.15, 0.2) is 22.0 Å². The first-order chi connectivity index (χ1) is 6.25. The van der Waals surface area contributed by atoms with E-state index in [1.807, 2.05) is 11.6 Å². The molecule has 2 aromatic heterocycles. The molecule has 0 unspecified atom stereocenters. The highest BCUT2D eigenvalue weighted by molar-refractivity contribution is 8.00. The van der Waals surface area contributed by atoms with Gasteiger partial charge in [-0.2, -0.15) is 0 Å².